The van der Waals surface area contributed by atoms with Crippen LogP contribution in [0.1, 0.15) is 52.4 Å². The lowest BCUT2D eigenvalue weighted by atomic mass is 10.0. The quantitative estimate of drug-likeness (QED) is 0.366. The second-order valence-corrected chi connectivity index (χ2v) is 3.99. The van der Waals surface area contributed by atoms with E-state index in [0.29, 0.717) is 13.0 Å². The van der Waals surface area contributed by atoms with Gasteiger partial charge in [0.25, 0.3) is 0 Å². The smallest absolute Gasteiger partial charge is 0.340 e. The van der Waals surface area contributed by atoms with E-state index in [1.807, 2.05) is 6.92 Å². The summed E-state index contributed by atoms with van der Waals surface area (Å²) < 4.78 is 4.99. The van der Waals surface area contributed by atoms with Gasteiger partial charge in [-0.25, -0.2) is 4.79 Å². The number of nitrogens with two attached hydrogens (primary N) is 2. The molecule has 0 heterocycles. The van der Waals surface area contributed by atoms with Crippen molar-refractivity contribution < 1.29 is 9.53 Å². The van der Waals surface area contributed by atoms with Crippen LogP contribution < -0.4 is 11.5 Å². The number of rotatable bonds is 8. The average molecular weight is 216 g/mol. The van der Waals surface area contributed by atoms with E-state index >= 15 is 0 Å². The van der Waals surface area contributed by atoms with Crippen molar-refractivity contribution >= 4 is 5.97 Å². The van der Waals surface area contributed by atoms with Crippen molar-refractivity contribution in [3.05, 3.63) is 0 Å². The molecule has 0 unspecified atom stereocenters. The van der Waals surface area contributed by atoms with E-state index in [1.165, 1.54) is 0 Å². The lowest BCUT2D eigenvalue weighted by Crippen LogP contribution is -2.57. The molecule has 0 aromatic carbocycles. The molecule has 0 saturated heterocycles. The monoisotopic (exact) mass is 216 g/mol. The van der Waals surface area contributed by atoms with E-state index in [0.717, 1.165) is 32.1 Å². The molecule has 0 rings (SSSR count). The molecule has 90 valence electrons. The van der Waals surface area contributed by atoms with Crippen LogP contribution in [0, 0.1) is 0 Å². The summed E-state index contributed by atoms with van der Waals surface area (Å²) in [6.07, 6.45) is 5.33. The highest BCUT2D eigenvalue weighted by Crippen LogP contribution is 2.09. The molecule has 0 aliphatic carbocycles. The van der Waals surface area contributed by atoms with Crippen LogP contribution in [0.15, 0.2) is 0 Å². The van der Waals surface area contributed by atoms with Crippen LogP contribution in [-0.4, -0.2) is 18.2 Å². The van der Waals surface area contributed by atoms with Gasteiger partial charge in [-0.05, 0) is 19.3 Å². The average Bonchev–Trinajstić information content (AvgIpc) is 2.18. The fourth-order valence-corrected chi connectivity index (χ4v) is 1.21. The van der Waals surface area contributed by atoms with Crippen LogP contribution in [0.3, 0.4) is 0 Å². The molecule has 0 aliphatic heterocycles. The first kappa shape index (κ1) is 14.4. The van der Waals surface area contributed by atoms with Crippen LogP contribution >= 0.6 is 0 Å². The van der Waals surface area contributed by atoms with Gasteiger partial charge >= 0.3 is 5.97 Å². The molecule has 15 heavy (non-hydrogen) atoms. The third kappa shape index (κ3) is 6.47. The van der Waals surface area contributed by atoms with Crippen molar-refractivity contribution in [3.63, 3.8) is 0 Å². The predicted octanol–water partition coefficient (Wildman–Crippen LogP) is 1.52. The van der Waals surface area contributed by atoms with Gasteiger partial charge in [0.1, 0.15) is 0 Å². The third-order valence-electron chi connectivity index (χ3n) is 2.31. The SMILES string of the molecule is CCCCCC(N)(N)C(=O)OCCCC. The van der Waals surface area contributed by atoms with Crippen LogP contribution in [0.5, 0.6) is 0 Å². The van der Waals surface area contributed by atoms with Crippen molar-refractivity contribution in [2.24, 2.45) is 11.5 Å². The van der Waals surface area contributed by atoms with Gasteiger partial charge in [0.2, 0.25) is 0 Å². The number of ether oxygens (including phenoxy) is 1. The van der Waals surface area contributed by atoms with E-state index < -0.39 is 11.6 Å². The summed E-state index contributed by atoms with van der Waals surface area (Å²) in [5.41, 5.74) is 10.1. The van der Waals surface area contributed by atoms with Crippen LogP contribution in [0.2, 0.25) is 0 Å². The van der Waals surface area contributed by atoms with Gasteiger partial charge in [0.15, 0.2) is 5.66 Å². The number of hydrogen-bond acceptors (Lipinski definition) is 4. The zero-order chi connectivity index (χ0) is 11.7. The minimum atomic E-state index is -1.30. The zero-order valence-corrected chi connectivity index (χ0v) is 9.92. The second kappa shape index (κ2) is 7.65. The van der Waals surface area contributed by atoms with Gasteiger partial charge in [-0.2, -0.15) is 0 Å². The summed E-state index contributed by atoms with van der Waals surface area (Å²) in [6.45, 7) is 4.54. The Kier molecular flexibility index (Phi) is 7.34. The topological polar surface area (TPSA) is 78.3 Å². The molecule has 0 saturated carbocycles. The van der Waals surface area contributed by atoms with Crippen molar-refractivity contribution in [1.82, 2.24) is 0 Å². The highest BCUT2D eigenvalue weighted by Gasteiger charge is 2.29. The Labute approximate surface area is 92.3 Å². The standard InChI is InChI=1S/C11H24N2O2/c1-3-5-7-8-11(12,13)10(14)15-9-6-4-2/h3-9,12-13H2,1-2H3. The molecule has 4 nitrogen and oxygen atoms in total. The molecule has 4 N–H and O–H groups in total. The van der Waals surface area contributed by atoms with Gasteiger partial charge in [0, 0.05) is 0 Å². The molecule has 0 fully saturated rings. The molecule has 4 heteroatoms. The Balaban J connectivity index is 3.80. The number of hydrogen-bond donors (Lipinski definition) is 2. The first-order chi connectivity index (χ1) is 7.04. The molecular formula is C11H24N2O2. The summed E-state index contributed by atoms with van der Waals surface area (Å²) in [5, 5.41) is 0. The first-order valence-corrected chi connectivity index (χ1v) is 5.79. The molecular weight excluding hydrogens is 192 g/mol. The largest absolute Gasteiger partial charge is 0.463 e. The fraction of sp³-hybridized carbons (Fsp3) is 0.909. The van der Waals surface area contributed by atoms with Crippen LogP contribution in [-0.2, 0) is 9.53 Å². The zero-order valence-electron chi connectivity index (χ0n) is 9.92. The maximum atomic E-state index is 11.5. The van der Waals surface area contributed by atoms with Crippen molar-refractivity contribution in [3.8, 4) is 0 Å². The summed E-state index contributed by atoms with van der Waals surface area (Å²) in [6, 6.07) is 0. The lowest BCUT2D eigenvalue weighted by Gasteiger charge is -2.22. The fourth-order valence-electron chi connectivity index (χ4n) is 1.21. The molecule has 0 atom stereocenters. The number of esters is 1. The van der Waals surface area contributed by atoms with E-state index in [-0.39, 0.29) is 0 Å². The minimum Gasteiger partial charge on any atom is -0.463 e. The first-order valence-electron chi connectivity index (χ1n) is 5.79. The van der Waals surface area contributed by atoms with Crippen molar-refractivity contribution in [2.75, 3.05) is 6.61 Å². The van der Waals surface area contributed by atoms with E-state index in [4.69, 9.17) is 16.2 Å². The van der Waals surface area contributed by atoms with Crippen molar-refractivity contribution in [1.29, 1.82) is 0 Å². The van der Waals surface area contributed by atoms with E-state index in [9.17, 15) is 4.79 Å². The maximum Gasteiger partial charge on any atom is 0.340 e. The Morgan fingerprint density at radius 2 is 1.73 bits per heavy atom. The third-order valence-corrected chi connectivity index (χ3v) is 2.31. The Morgan fingerprint density at radius 1 is 1.13 bits per heavy atom. The van der Waals surface area contributed by atoms with Gasteiger partial charge in [-0.3, -0.25) is 0 Å². The second-order valence-electron chi connectivity index (χ2n) is 3.99. The van der Waals surface area contributed by atoms with Gasteiger partial charge < -0.3 is 16.2 Å². The predicted molar refractivity (Wildman–Crippen MR) is 61.1 cm³/mol. The lowest BCUT2D eigenvalue weighted by molar-refractivity contribution is -0.150. The highest BCUT2D eigenvalue weighted by molar-refractivity contribution is 5.79. The molecule has 0 radical (unpaired) electrons. The van der Waals surface area contributed by atoms with Gasteiger partial charge in [0.05, 0.1) is 6.61 Å². The molecule has 0 amide bonds. The highest BCUT2D eigenvalue weighted by atomic mass is 16.5. The molecule has 0 bridgehead atoms. The Bertz CT molecular complexity index is 181. The summed E-state index contributed by atoms with van der Waals surface area (Å²) in [7, 11) is 0. The number of unbranched alkanes of at least 4 members (excludes halogenated alkanes) is 3. The van der Waals surface area contributed by atoms with Crippen molar-refractivity contribution in [2.45, 2.75) is 58.0 Å². The molecule has 0 aliphatic rings. The van der Waals surface area contributed by atoms with E-state index in [2.05, 4.69) is 6.92 Å². The van der Waals surface area contributed by atoms with Crippen LogP contribution in [0.4, 0.5) is 0 Å². The number of carbonyl (C=O) groups excluding carboxylic acids is 1. The number of carbonyl (C=O) groups is 1. The molecule has 0 spiro atoms. The maximum absolute atomic E-state index is 11.5. The summed E-state index contributed by atoms with van der Waals surface area (Å²) in [5.74, 6) is -0.480. The minimum absolute atomic E-state index is 0.416. The molecule has 0 aromatic heterocycles. The van der Waals surface area contributed by atoms with E-state index in [1.54, 1.807) is 0 Å². The molecule has 0 aromatic rings. The summed E-state index contributed by atoms with van der Waals surface area (Å²) >= 11 is 0. The normalized spacial score (nSPS) is 11.5. The Morgan fingerprint density at radius 3 is 2.27 bits per heavy atom. The van der Waals surface area contributed by atoms with Gasteiger partial charge in [-0.1, -0.05) is 33.1 Å². The summed E-state index contributed by atoms with van der Waals surface area (Å²) in [4.78, 5) is 11.5. The van der Waals surface area contributed by atoms with Crippen LogP contribution in [0.25, 0.3) is 0 Å². The van der Waals surface area contributed by atoms with Gasteiger partial charge in [-0.15, -0.1) is 0 Å². The Hall–Kier alpha value is -0.610.